The second-order valence-corrected chi connectivity index (χ2v) is 13.1. The molecule has 2 saturated heterocycles. The predicted molar refractivity (Wildman–Crippen MR) is 119 cm³/mol. The van der Waals surface area contributed by atoms with Gasteiger partial charge in [-0.25, -0.2) is 0 Å². The molecule has 168 valence electrons. The van der Waals surface area contributed by atoms with Crippen LogP contribution in [0.1, 0.15) is 91.9 Å². The van der Waals surface area contributed by atoms with Crippen LogP contribution in [0.25, 0.3) is 0 Å². The Bertz CT molecular complexity index is 726. The molecule has 3 nitrogen and oxygen atoms in total. The molecule has 4 saturated carbocycles. The molecule has 0 bridgehead atoms. The van der Waals surface area contributed by atoms with E-state index in [4.69, 9.17) is 4.74 Å². The summed E-state index contributed by atoms with van der Waals surface area (Å²) in [6, 6.07) is 0. The van der Waals surface area contributed by atoms with Gasteiger partial charge < -0.3 is 4.74 Å². The molecule has 30 heavy (non-hydrogen) atoms. The Morgan fingerprint density at radius 2 is 1.80 bits per heavy atom. The summed E-state index contributed by atoms with van der Waals surface area (Å²) in [6.07, 6.45) is 12.6. The normalized spacial score (nSPS) is 60.1. The fourth-order valence-electron chi connectivity index (χ4n) is 10.2. The van der Waals surface area contributed by atoms with Gasteiger partial charge in [-0.15, -0.1) is 0 Å². The van der Waals surface area contributed by atoms with Gasteiger partial charge in [-0.3, -0.25) is 10.1 Å². The number of carbonyl (C=O) groups is 1. The molecule has 0 aromatic heterocycles. The van der Waals surface area contributed by atoms with Crippen molar-refractivity contribution >= 4 is 5.78 Å². The highest BCUT2D eigenvalue weighted by atomic mass is 16.5. The SMILES string of the molecule is C[C@@H]1CC[C@@]2(NC1)O[C@H]1C[C@H]3[C@@H]4CC[C@H]5CC(=O)CC[C@]5(C)[C@H]4CC[C@]3(C)[C@H]1[C@H]2C. The molecule has 0 amide bonds. The van der Waals surface area contributed by atoms with Crippen molar-refractivity contribution < 1.29 is 9.53 Å². The quantitative estimate of drug-likeness (QED) is 0.564. The maximum atomic E-state index is 12.2. The first-order chi connectivity index (χ1) is 14.3. The van der Waals surface area contributed by atoms with Gasteiger partial charge in [0.2, 0.25) is 0 Å². The maximum Gasteiger partial charge on any atom is 0.133 e. The van der Waals surface area contributed by atoms with Crippen LogP contribution in [0.5, 0.6) is 0 Å². The van der Waals surface area contributed by atoms with Crippen LogP contribution in [0, 0.1) is 52.3 Å². The average Bonchev–Trinajstić information content (AvgIpc) is 3.16. The standard InChI is InChI=1S/C27H43NO2/c1-16-7-12-27(28-15-16)17(2)24-23(30-27)14-22-20-6-5-18-13-19(29)8-10-25(18,3)21(20)9-11-26(22,24)4/h16-18,20-24,28H,5-15H2,1-4H3/t16-,17-,18+,20-,21+,22+,23+,24+,25+,26+,27-/m1/s1. The Hall–Kier alpha value is -0.410. The van der Waals surface area contributed by atoms with Crippen molar-refractivity contribution in [1.29, 1.82) is 0 Å². The van der Waals surface area contributed by atoms with Crippen molar-refractivity contribution in [2.75, 3.05) is 6.54 Å². The zero-order valence-electron chi connectivity index (χ0n) is 19.7. The highest BCUT2D eigenvalue weighted by Gasteiger charge is 2.68. The number of carbonyl (C=O) groups excluding carboxylic acids is 1. The van der Waals surface area contributed by atoms with E-state index in [1.807, 2.05) is 0 Å². The number of nitrogens with one attached hydrogen (secondary N) is 1. The Morgan fingerprint density at radius 1 is 0.967 bits per heavy atom. The Kier molecular flexibility index (Phi) is 4.42. The van der Waals surface area contributed by atoms with E-state index in [2.05, 4.69) is 33.0 Å². The van der Waals surface area contributed by atoms with Gasteiger partial charge in [-0.2, -0.15) is 0 Å². The van der Waals surface area contributed by atoms with E-state index in [1.165, 1.54) is 44.9 Å². The second kappa shape index (κ2) is 6.56. The van der Waals surface area contributed by atoms with Crippen molar-refractivity contribution in [3.05, 3.63) is 0 Å². The van der Waals surface area contributed by atoms with E-state index < -0.39 is 0 Å². The number of ketones is 1. The first kappa shape index (κ1) is 20.2. The molecule has 6 fully saturated rings. The van der Waals surface area contributed by atoms with Crippen LogP contribution in [-0.4, -0.2) is 24.2 Å². The molecule has 0 aromatic carbocycles. The second-order valence-electron chi connectivity index (χ2n) is 13.1. The minimum atomic E-state index is -0.0416. The number of rotatable bonds is 0. The zero-order chi connectivity index (χ0) is 20.9. The zero-order valence-corrected chi connectivity index (χ0v) is 19.7. The van der Waals surface area contributed by atoms with E-state index in [9.17, 15) is 4.79 Å². The first-order valence-corrected chi connectivity index (χ1v) is 13.2. The van der Waals surface area contributed by atoms with Gasteiger partial charge in [0.15, 0.2) is 0 Å². The summed E-state index contributed by atoms with van der Waals surface area (Å²) in [4.78, 5) is 12.2. The third kappa shape index (κ3) is 2.54. The smallest absolute Gasteiger partial charge is 0.133 e. The summed E-state index contributed by atoms with van der Waals surface area (Å²) in [5, 5.41) is 3.88. The monoisotopic (exact) mass is 413 g/mol. The molecule has 2 aliphatic heterocycles. The van der Waals surface area contributed by atoms with Crippen molar-refractivity contribution in [3.63, 3.8) is 0 Å². The number of ether oxygens (including phenoxy) is 1. The molecule has 2 heterocycles. The molecule has 1 spiro atoms. The van der Waals surface area contributed by atoms with E-state index in [-0.39, 0.29) is 5.72 Å². The fourth-order valence-corrected chi connectivity index (χ4v) is 10.2. The summed E-state index contributed by atoms with van der Waals surface area (Å²) in [5.74, 6) is 5.89. The number of hydrogen-bond donors (Lipinski definition) is 1. The van der Waals surface area contributed by atoms with Gasteiger partial charge in [-0.1, -0.05) is 27.7 Å². The van der Waals surface area contributed by atoms with Gasteiger partial charge in [0.25, 0.3) is 0 Å². The van der Waals surface area contributed by atoms with Gasteiger partial charge in [0.05, 0.1) is 6.10 Å². The third-order valence-electron chi connectivity index (χ3n) is 12.0. The molecule has 3 heteroatoms. The molecule has 0 radical (unpaired) electrons. The highest BCUT2D eigenvalue weighted by molar-refractivity contribution is 5.79. The van der Waals surface area contributed by atoms with E-state index >= 15 is 0 Å². The number of Topliss-reactive ketones (excluding diaryl/α,β-unsaturated/α-hetero) is 1. The number of hydrogen-bond acceptors (Lipinski definition) is 3. The van der Waals surface area contributed by atoms with Crippen molar-refractivity contribution in [2.24, 2.45) is 52.3 Å². The lowest BCUT2D eigenvalue weighted by Crippen LogP contribution is -2.57. The summed E-state index contributed by atoms with van der Waals surface area (Å²) >= 11 is 0. The average molecular weight is 414 g/mol. The van der Waals surface area contributed by atoms with Crippen LogP contribution in [0.2, 0.25) is 0 Å². The molecular formula is C27H43NO2. The van der Waals surface area contributed by atoms with Crippen LogP contribution in [0.15, 0.2) is 0 Å². The van der Waals surface area contributed by atoms with Crippen LogP contribution in [0.4, 0.5) is 0 Å². The Labute approximate surface area is 183 Å². The van der Waals surface area contributed by atoms with Crippen molar-refractivity contribution in [2.45, 2.75) is 104 Å². The third-order valence-corrected chi connectivity index (χ3v) is 12.0. The van der Waals surface area contributed by atoms with Crippen molar-refractivity contribution in [1.82, 2.24) is 5.32 Å². The predicted octanol–water partition coefficient (Wildman–Crippen LogP) is 5.58. The van der Waals surface area contributed by atoms with Gasteiger partial charge in [0.1, 0.15) is 11.5 Å². The maximum absolute atomic E-state index is 12.2. The fraction of sp³-hybridized carbons (Fsp3) is 0.963. The van der Waals surface area contributed by atoms with Crippen LogP contribution < -0.4 is 5.32 Å². The summed E-state index contributed by atoms with van der Waals surface area (Å²) in [7, 11) is 0. The molecular weight excluding hydrogens is 370 g/mol. The first-order valence-electron chi connectivity index (χ1n) is 13.2. The lowest BCUT2D eigenvalue weighted by Gasteiger charge is -2.60. The summed E-state index contributed by atoms with van der Waals surface area (Å²) in [6.45, 7) is 11.2. The van der Waals surface area contributed by atoms with Crippen LogP contribution >= 0.6 is 0 Å². The molecule has 11 atom stereocenters. The van der Waals surface area contributed by atoms with E-state index in [1.54, 1.807) is 0 Å². The number of fused-ring (bicyclic) bond motifs is 7. The molecule has 4 aliphatic carbocycles. The van der Waals surface area contributed by atoms with E-state index in [0.717, 1.165) is 55.4 Å². The topological polar surface area (TPSA) is 38.3 Å². The lowest BCUT2D eigenvalue weighted by molar-refractivity contribution is -0.144. The molecule has 6 aliphatic rings. The molecule has 1 N–H and O–H groups in total. The minimum absolute atomic E-state index is 0.0416. The molecule has 0 unspecified atom stereocenters. The lowest BCUT2D eigenvalue weighted by atomic mass is 9.44. The Morgan fingerprint density at radius 3 is 2.57 bits per heavy atom. The molecule has 6 rings (SSSR count). The Balaban J connectivity index is 1.26. The minimum Gasteiger partial charge on any atom is -0.357 e. The largest absolute Gasteiger partial charge is 0.357 e. The van der Waals surface area contributed by atoms with Gasteiger partial charge in [0, 0.05) is 25.3 Å². The van der Waals surface area contributed by atoms with Gasteiger partial charge >= 0.3 is 0 Å². The van der Waals surface area contributed by atoms with Crippen LogP contribution in [-0.2, 0) is 9.53 Å². The number of piperidine rings is 1. The van der Waals surface area contributed by atoms with Crippen molar-refractivity contribution in [3.8, 4) is 0 Å². The summed E-state index contributed by atoms with van der Waals surface area (Å²) in [5.41, 5.74) is 0.831. The van der Waals surface area contributed by atoms with E-state index in [0.29, 0.717) is 34.6 Å². The summed E-state index contributed by atoms with van der Waals surface area (Å²) < 4.78 is 7.00. The van der Waals surface area contributed by atoms with Gasteiger partial charge in [-0.05, 0) is 97.7 Å². The molecule has 0 aromatic rings. The highest BCUT2D eigenvalue weighted by Crippen LogP contribution is 2.70. The van der Waals surface area contributed by atoms with Crippen LogP contribution in [0.3, 0.4) is 0 Å².